The zero-order valence-electron chi connectivity index (χ0n) is 17.1. The van der Waals surface area contributed by atoms with Crippen LogP contribution < -0.4 is 0 Å². The predicted molar refractivity (Wildman–Crippen MR) is 129 cm³/mol. The van der Waals surface area contributed by atoms with Gasteiger partial charge in [0.25, 0.3) is 0 Å². The minimum Gasteiger partial charge on any atom is -0.299 e. The summed E-state index contributed by atoms with van der Waals surface area (Å²) in [6, 6.07) is 25.9. The summed E-state index contributed by atoms with van der Waals surface area (Å²) in [7, 11) is 0. The van der Waals surface area contributed by atoms with Crippen LogP contribution in [0.3, 0.4) is 0 Å². The second-order valence-electron chi connectivity index (χ2n) is 7.49. The van der Waals surface area contributed by atoms with Gasteiger partial charge < -0.3 is 0 Å². The van der Waals surface area contributed by atoms with E-state index in [-0.39, 0.29) is 5.92 Å². The number of ketones is 1. The van der Waals surface area contributed by atoms with Gasteiger partial charge >= 0.3 is 0 Å². The third kappa shape index (κ3) is 6.25. The lowest BCUT2D eigenvalue weighted by atomic mass is 9.98. The average Bonchev–Trinajstić information content (AvgIpc) is 2.77. The number of benzene rings is 3. The number of aryl methyl sites for hydroxylation is 2. The van der Waals surface area contributed by atoms with Gasteiger partial charge in [-0.15, -0.1) is 11.8 Å². The van der Waals surface area contributed by atoms with Crippen molar-refractivity contribution in [3.63, 3.8) is 0 Å². The quantitative estimate of drug-likeness (QED) is 0.296. The summed E-state index contributed by atoms with van der Waals surface area (Å²) < 4.78 is 0. The van der Waals surface area contributed by atoms with Crippen molar-refractivity contribution >= 4 is 30.2 Å². The summed E-state index contributed by atoms with van der Waals surface area (Å²) in [5.41, 5.74) is 6.35. The van der Waals surface area contributed by atoms with E-state index in [9.17, 15) is 4.79 Å². The van der Waals surface area contributed by atoms with E-state index in [1.165, 1.54) is 32.7 Å². The highest BCUT2D eigenvalue weighted by Crippen LogP contribution is 2.27. The number of Topliss-reactive ketones (excluding diaryl/α,β-unsaturated/α-hetero) is 1. The van der Waals surface area contributed by atoms with Crippen LogP contribution in [0.4, 0.5) is 0 Å². The second-order valence-corrected chi connectivity index (χ2v) is 8.90. The van der Waals surface area contributed by atoms with Crippen LogP contribution >= 0.6 is 24.4 Å². The van der Waals surface area contributed by atoms with Crippen molar-refractivity contribution in [2.24, 2.45) is 5.92 Å². The van der Waals surface area contributed by atoms with Crippen molar-refractivity contribution in [2.75, 3.05) is 5.75 Å². The van der Waals surface area contributed by atoms with E-state index in [4.69, 9.17) is 0 Å². The molecule has 0 saturated heterocycles. The van der Waals surface area contributed by atoms with E-state index in [2.05, 4.69) is 86.3 Å². The second kappa shape index (κ2) is 10.7. The van der Waals surface area contributed by atoms with Crippen molar-refractivity contribution in [1.29, 1.82) is 0 Å². The van der Waals surface area contributed by atoms with Gasteiger partial charge in [-0.25, -0.2) is 0 Å². The fourth-order valence-electron chi connectivity index (χ4n) is 3.24. The maximum absolute atomic E-state index is 12.0. The van der Waals surface area contributed by atoms with Gasteiger partial charge in [-0.2, -0.15) is 12.6 Å². The van der Waals surface area contributed by atoms with Gasteiger partial charge in [0.1, 0.15) is 5.78 Å². The summed E-state index contributed by atoms with van der Waals surface area (Å²) in [4.78, 5) is 13.3. The molecule has 29 heavy (non-hydrogen) atoms. The SMILES string of the molecule is Cc1cc(SCc2ccc(-c3ccccc3)cc2)ccc1CCC(=O)C(C)CS. The van der Waals surface area contributed by atoms with Crippen LogP contribution in [0.2, 0.25) is 0 Å². The molecule has 0 spiro atoms. The molecule has 0 aliphatic rings. The summed E-state index contributed by atoms with van der Waals surface area (Å²) >= 11 is 6.08. The topological polar surface area (TPSA) is 17.1 Å². The lowest BCUT2D eigenvalue weighted by Gasteiger charge is -2.10. The predicted octanol–water partition coefficient (Wildman–Crippen LogP) is 7.02. The Hall–Kier alpha value is -1.97. The molecular formula is C26H28OS2. The minimum atomic E-state index is 0.0433. The molecule has 3 rings (SSSR count). The maximum atomic E-state index is 12.0. The molecule has 0 saturated carbocycles. The van der Waals surface area contributed by atoms with E-state index in [0.717, 1.165) is 12.2 Å². The first-order valence-corrected chi connectivity index (χ1v) is 11.7. The van der Waals surface area contributed by atoms with Crippen LogP contribution in [0.15, 0.2) is 77.7 Å². The van der Waals surface area contributed by atoms with Crippen molar-refractivity contribution in [1.82, 2.24) is 0 Å². The normalized spacial score (nSPS) is 12.0. The smallest absolute Gasteiger partial charge is 0.136 e. The van der Waals surface area contributed by atoms with Crippen molar-refractivity contribution in [3.8, 4) is 11.1 Å². The molecule has 0 heterocycles. The number of carbonyl (C=O) groups excluding carboxylic acids is 1. The van der Waals surface area contributed by atoms with Crippen LogP contribution in [0.25, 0.3) is 11.1 Å². The molecule has 0 radical (unpaired) electrons. The first kappa shape index (κ1) is 21.7. The zero-order chi connectivity index (χ0) is 20.6. The van der Waals surface area contributed by atoms with Gasteiger partial charge in [0.15, 0.2) is 0 Å². The molecule has 0 bridgehead atoms. The monoisotopic (exact) mass is 420 g/mol. The van der Waals surface area contributed by atoms with E-state index in [1.807, 2.05) is 24.8 Å². The Morgan fingerprint density at radius 3 is 2.31 bits per heavy atom. The largest absolute Gasteiger partial charge is 0.299 e. The Kier molecular flexibility index (Phi) is 8.02. The number of carbonyl (C=O) groups is 1. The van der Waals surface area contributed by atoms with Gasteiger partial charge in [-0.05, 0) is 59.0 Å². The van der Waals surface area contributed by atoms with Crippen molar-refractivity contribution in [3.05, 3.63) is 89.5 Å². The Labute approximate surface area is 184 Å². The summed E-state index contributed by atoms with van der Waals surface area (Å²) in [6.45, 7) is 4.09. The highest BCUT2D eigenvalue weighted by atomic mass is 32.2. The minimum absolute atomic E-state index is 0.0433. The molecular weight excluding hydrogens is 392 g/mol. The molecule has 1 nitrogen and oxygen atoms in total. The molecule has 0 fully saturated rings. The highest BCUT2D eigenvalue weighted by molar-refractivity contribution is 7.98. The molecule has 3 aromatic carbocycles. The molecule has 0 N–H and O–H groups in total. The summed E-state index contributed by atoms with van der Waals surface area (Å²) in [5, 5.41) is 0. The van der Waals surface area contributed by atoms with Crippen molar-refractivity contribution in [2.45, 2.75) is 37.3 Å². The first-order valence-electron chi connectivity index (χ1n) is 10.1. The van der Waals surface area contributed by atoms with Gasteiger partial charge in [0.2, 0.25) is 0 Å². The molecule has 0 aliphatic carbocycles. The van der Waals surface area contributed by atoms with Gasteiger partial charge in [-0.1, -0.05) is 67.6 Å². The Morgan fingerprint density at radius 2 is 1.66 bits per heavy atom. The molecule has 3 heteroatoms. The number of thiol groups is 1. The summed E-state index contributed by atoms with van der Waals surface area (Å²) in [5.74, 6) is 1.92. The van der Waals surface area contributed by atoms with Gasteiger partial charge in [0, 0.05) is 23.0 Å². The number of hydrogen-bond donors (Lipinski definition) is 1. The number of rotatable bonds is 9. The molecule has 0 aliphatic heterocycles. The number of hydrogen-bond acceptors (Lipinski definition) is 3. The third-order valence-electron chi connectivity index (χ3n) is 5.24. The zero-order valence-corrected chi connectivity index (χ0v) is 18.8. The fourth-order valence-corrected chi connectivity index (χ4v) is 4.39. The molecule has 3 aromatic rings. The fraction of sp³-hybridized carbons (Fsp3) is 0.269. The Balaban J connectivity index is 1.56. The Morgan fingerprint density at radius 1 is 0.966 bits per heavy atom. The van der Waals surface area contributed by atoms with Crippen LogP contribution in [0.1, 0.15) is 30.0 Å². The van der Waals surface area contributed by atoms with Crippen LogP contribution in [0.5, 0.6) is 0 Å². The van der Waals surface area contributed by atoms with E-state index in [1.54, 1.807) is 0 Å². The van der Waals surface area contributed by atoms with E-state index < -0.39 is 0 Å². The van der Waals surface area contributed by atoms with E-state index in [0.29, 0.717) is 18.0 Å². The lowest BCUT2D eigenvalue weighted by molar-refractivity contribution is -0.121. The van der Waals surface area contributed by atoms with Gasteiger partial charge in [-0.3, -0.25) is 4.79 Å². The van der Waals surface area contributed by atoms with Crippen molar-refractivity contribution < 1.29 is 4.79 Å². The van der Waals surface area contributed by atoms with Crippen LogP contribution in [-0.2, 0) is 17.0 Å². The van der Waals surface area contributed by atoms with Crippen LogP contribution in [0, 0.1) is 12.8 Å². The third-order valence-corrected chi connectivity index (χ3v) is 6.86. The molecule has 1 unspecified atom stereocenters. The van der Waals surface area contributed by atoms with E-state index >= 15 is 0 Å². The molecule has 1 atom stereocenters. The van der Waals surface area contributed by atoms with Gasteiger partial charge in [0.05, 0.1) is 0 Å². The maximum Gasteiger partial charge on any atom is 0.136 e. The lowest BCUT2D eigenvalue weighted by Crippen LogP contribution is -2.13. The standard InChI is InChI=1S/C26H28OS2/c1-19-16-25(14-12-22(19)13-15-26(27)20(2)17-28)29-18-21-8-10-24(11-9-21)23-6-4-3-5-7-23/h3-12,14,16,20,28H,13,15,17-18H2,1-2H3. The number of thioether (sulfide) groups is 1. The highest BCUT2D eigenvalue weighted by Gasteiger charge is 2.11. The molecule has 150 valence electrons. The Bertz CT molecular complexity index is 933. The molecule has 0 amide bonds. The first-order chi connectivity index (χ1) is 14.1. The summed E-state index contributed by atoms with van der Waals surface area (Å²) in [6.07, 6.45) is 1.41. The average molecular weight is 421 g/mol. The van der Waals surface area contributed by atoms with Crippen LogP contribution in [-0.4, -0.2) is 11.5 Å². The molecule has 0 aromatic heterocycles.